The Kier molecular flexibility index (Phi) is 7.02. The van der Waals surface area contributed by atoms with Gasteiger partial charge in [0, 0.05) is 19.6 Å². The molecule has 0 radical (unpaired) electrons. The Balaban J connectivity index is 3.32. The molecule has 2 unspecified atom stereocenters. The Morgan fingerprint density at radius 3 is 2.18 bits per heavy atom. The van der Waals surface area contributed by atoms with Gasteiger partial charge in [0.2, 0.25) is 0 Å². The number of hydrogen-bond acceptors (Lipinski definition) is 2. The summed E-state index contributed by atoms with van der Waals surface area (Å²) in [6.45, 7) is 7.29. The number of ether oxygens (including phenoxy) is 2. The zero-order valence-electron chi connectivity index (χ0n) is 7.47. The van der Waals surface area contributed by atoms with Crippen LogP contribution in [0.4, 0.5) is 0 Å². The van der Waals surface area contributed by atoms with Gasteiger partial charge in [-0.05, 0) is 20.8 Å². The van der Waals surface area contributed by atoms with E-state index in [4.69, 9.17) is 21.1 Å². The SMILES string of the molecule is CCOC(C)CC(Cl)OCC. The summed E-state index contributed by atoms with van der Waals surface area (Å²) >= 11 is 5.81. The molecular formula is C8H17ClO2. The molecule has 0 heterocycles. The molecule has 0 rings (SSSR count). The molecular weight excluding hydrogens is 164 g/mol. The molecule has 2 nitrogen and oxygen atoms in total. The van der Waals surface area contributed by atoms with Crippen molar-refractivity contribution in [3.8, 4) is 0 Å². The molecule has 0 aromatic heterocycles. The minimum atomic E-state index is -0.207. The topological polar surface area (TPSA) is 18.5 Å². The molecule has 2 atom stereocenters. The van der Waals surface area contributed by atoms with Crippen LogP contribution in [0.15, 0.2) is 0 Å². The van der Waals surface area contributed by atoms with Crippen LogP contribution in [0.5, 0.6) is 0 Å². The Morgan fingerprint density at radius 2 is 1.73 bits per heavy atom. The van der Waals surface area contributed by atoms with Crippen molar-refractivity contribution >= 4 is 11.6 Å². The maximum atomic E-state index is 5.81. The molecule has 0 bridgehead atoms. The second-order valence-corrected chi connectivity index (χ2v) is 2.85. The van der Waals surface area contributed by atoms with Crippen LogP contribution >= 0.6 is 11.6 Å². The van der Waals surface area contributed by atoms with Gasteiger partial charge in [-0.1, -0.05) is 11.6 Å². The van der Waals surface area contributed by atoms with Crippen LogP contribution in [0.1, 0.15) is 27.2 Å². The predicted octanol–water partition coefficient (Wildman–Crippen LogP) is 2.40. The predicted molar refractivity (Wildman–Crippen MR) is 47.0 cm³/mol. The van der Waals surface area contributed by atoms with Crippen LogP contribution in [0, 0.1) is 0 Å². The highest BCUT2D eigenvalue weighted by Gasteiger charge is 2.09. The van der Waals surface area contributed by atoms with Crippen molar-refractivity contribution in [3.05, 3.63) is 0 Å². The molecule has 0 fully saturated rings. The zero-order valence-corrected chi connectivity index (χ0v) is 8.23. The fourth-order valence-corrected chi connectivity index (χ4v) is 1.24. The summed E-state index contributed by atoms with van der Waals surface area (Å²) in [6.07, 6.45) is 0.942. The summed E-state index contributed by atoms with van der Waals surface area (Å²) in [5.41, 5.74) is -0.207. The van der Waals surface area contributed by atoms with Gasteiger partial charge < -0.3 is 9.47 Å². The monoisotopic (exact) mass is 180 g/mol. The quantitative estimate of drug-likeness (QED) is 0.585. The molecule has 0 aliphatic carbocycles. The highest BCUT2D eigenvalue weighted by Crippen LogP contribution is 2.09. The smallest absolute Gasteiger partial charge is 0.133 e. The fourth-order valence-electron chi connectivity index (χ4n) is 0.862. The summed E-state index contributed by atoms with van der Waals surface area (Å²) < 4.78 is 10.4. The fraction of sp³-hybridized carbons (Fsp3) is 1.00. The second-order valence-electron chi connectivity index (χ2n) is 2.37. The maximum absolute atomic E-state index is 5.81. The minimum Gasteiger partial charge on any atom is -0.379 e. The lowest BCUT2D eigenvalue weighted by molar-refractivity contribution is 0.0277. The van der Waals surface area contributed by atoms with Gasteiger partial charge in [0.15, 0.2) is 0 Å². The van der Waals surface area contributed by atoms with Gasteiger partial charge in [0.05, 0.1) is 6.10 Å². The highest BCUT2D eigenvalue weighted by molar-refractivity contribution is 6.19. The summed E-state index contributed by atoms with van der Waals surface area (Å²) in [7, 11) is 0. The summed E-state index contributed by atoms with van der Waals surface area (Å²) in [5.74, 6) is 0. The van der Waals surface area contributed by atoms with Crippen molar-refractivity contribution in [1.29, 1.82) is 0 Å². The lowest BCUT2D eigenvalue weighted by Gasteiger charge is -2.15. The van der Waals surface area contributed by atoms with E-state index in [2.05, 4.69) is 0 Å². The first kappa shape index (κ1) is 11.2. The van der Waals surface area contributed by atoms with Crippen molar-refractivity contribution in [2.24, 2.45) is 0 Å². The van der Waals surface area contributed by atoms with Crippen molar-refractivity contribution in [1.82, 2.24) is 0 Å². The van der Waals surface area contributed by atoms with E-state index in [-0.39, 0.29) is 11.7 Å². The molecule has 0 spiro atoms. The Morgan fingerprint density at radius 1 is 1.18 bits per heavy atom. The normalized spacial score (nSPS) is 16.4. The molecule has 0 aromatic carbocycles. The van der Waals surface area contributed by atoms with Crippen LogP contribution < -0.4 is 0 Å². The lowest BCUT2D eigenvalue weighted by Crippen LogP contribution is -2.16. The van der Waals surface area contributed by atoms with E-state index < -0.39 is 0 Å². The number of alkyl halides is 1. The van der Waals surface area contributed by atoms with Crippen molar-refractivity contribution in [2.75, 3.05) is 13.2 Å². The van der Waals surface area contributed by atoms with Crippen molar-refractivity contribution in [3.63, 3.8) is 0 Å². The van der Waals surface area contributed by atoms with E-state index in [1.54, 1.807) is 0 Å². The largest absolute Gasteiger partial charge is 0.379 e. The third-order valence-electron chi connectivity index (χ3n) is 1.32. The van der Waals surface area contributed by atoms with Gasteiger partial charge in [-0.2, -0.15) is 0 Å². The first-order valence-electron chi connectivity index (χ1n) is 4.08. The van der Waals surface area contributed by atoms with Gasteiger partial charge in [-0.3, -0.25) is 0 Å². The third kappa shape index (κ3) is 6.60. The molecule has 0 N–H and O–H groups in total. The Hall–Kier alpha value is 0.210. The molecule has 68 valence electrons. The number of hydrogen-bond donors (Lipinski definition) is 0. The Bertz CT molecular complexity index is 78.2. The van der Waals surface area contributed by atoms with Crippen LogP contribution in [0.2, 0.25) is 0 Å². The van der Waals surface area contributed by atoms with E-state index in [1.807, 2.05) is 20.8 Å². The third-order valence-corrected chi connectivity index (χ3v) is 1.62. The number of rotatable bonds is 6. The molecule has 0 saturated carbocycles. The van der Waals surface area contributed by atoms with Crippen molar-refractivity contribution < 1.29 is 9.47 Å². The van der Waals surface area contributed by atoms with Gasteiger partial charge in [-0.15, -0.1) is 0 Å². The molecule has 3 heteroatoms. The molecule has 0 amide bonds. The van der Waals surface area contributed by atoms with E-state index in [0.717, 1.165) is 13.0 Å². The maximum Gasteiger partial charge on any atom is 0.133 e. The van der Waals surface area contributed by atoms with Crippen molar-refractivity contribution in [2.45, 2.75) is 38.9 Å². The summed E-state index contributed by atoms with van der Waals surface area (Å²) in [4.78, 5) is 0. The second kappa shape index (κ2) is 6.89. The van der Waals surface area contributed by atoms with E-state index in [0.29, 0.717) is 6.61 Å². The van der Waals surface area contributed by atoms with Crippen LogP contribution in [0.25, 0.3) is 0 Å². The van der Waals surface area contributed by atoms with Crippen LogP contribution in [-0.2, 0) is 9.47 Å². The van der Waals surface area contributed by atoms with Crippen LogP contribution in [0.3, 0.4) is 0 Å². The van der Waals surface area contributed by atoms with E-state index in [9.17, 15) is 0 Å². The first-order valence-corrected chi connectivity index (χ1v) is 4.51. The molecule has 0 aromatic rings. The van der Waals surface area contributed by atoms with E-state index >= 15 is 0 Å². The molecule has 11 heavy (non-hydrogen) atoms. The highest BCUT2D eigenvalue weighted by atomic mass is 35.5. The van der Waals surface area contributed by atoms with Gasteiger partial charge in [0.25, 0.3) is 0 Å². The zero-order chi connectivity index (χ0) is 8.69. The summed E-state index contributed by atoms with van der Waals surface area (Å²) in [5, 5.41) is 0. The Labute approximate surface area is 73.8 Å². The van der Waals surface area contributed by atoms with E-state index in [1.165, 1.54) is 0 Å². The average molecular weight is 181 g/mol. The summed E-state index contributed by atoms with van der Waals surface area (Å²) in [6, 6.07) is 0. The van der Waals surface area contributed by atoms with Crippen LogP contribution in [-0.4, -0.2) is 24.9 Å². The minimum absolute atomic E-state index is 0.189. The van der Waals surface area contributed by atoms with Gasteiger partial charge in [-0.25, -0.2) is 0 Å². The molecule has 0 aliphatic rings. The molecule has 0 aliphatic heterocycles. The average Bonchev–Trinajstić information content (AvgIpc) is 1.87. The van der Waals surface area contributed by atoms with Gasteiger partial charge in [0.1, 0.15) is 5.56 Å². The first-order chi connectivity index (χ1) is 5.20. The number of halogens is 1. The standard InChI is InChI=1S/C8H17ClO2/c1-4-10-7(3)6-8(9)11-5-2/h7-8H,4-6H2,1-3H3. The lowest BCUT2D eigenvalue weighted by atomic mass is 10.3. The van der Waals surface area contributed by atoms with Gasteiger partial charge >= 0.3 is 0 Å². The molecule has 0 saturated heterocycles.